The standard InChI is InChI=1S/C11H14O2S/c1-8(12)6-9-7-10(13-2)4-5-11(9)14-3/h4-5,7H,6H2,1-3H3. The molecule has 0 unspecified atom stereocenters. The summed E-state index contributed by atoms with van der Waals surface area (Å²) in [6, 6.07) is 5.82. The summed E-state index contributed by atoms with van der Waals surface area (Å²) in [4.78, 5) is 12.2. The van der Waals surface area contributed by atoms with Gasteiger partial charge < -0.3 is 4.74 Å². The van der Waals surface area contributed by atoms with Crippen LogP contribution in [-0.2, 0) is 11.2 Å². The van der Waals surface area contributed by atoms with E-state index in [1.54, 1.807) is 25.8 Å². The van der Waals surface area contributed by atoms with Gasteiger partial charge in [-0.15, -0.1) is 11.8 Å². The Morgan fingerprint density at radius 2 is 2.21 bits per heavy atom. The second kappa shape index (κ2) is 5.05. The number of thioether (sulfide) groups is 1. The lowest BCUT2D eigenvalue weighted by Gasteiger charge is -2.07. The number of carbonyl (C=O) groups excluding carboxylic acids is 1. The first-order chi connectivity index (χ1) is 6.67. The largest absolute Gasteiger partial charge is 0.497 e. The molecular formula is C11H14O2S. The Morgan fingerprint density at radius 3 is 2.71 bits per heavy atom. The van der Waals surface area contributed by atoms with Crippen molar-refractivity contribution in [2.45, 2.75) is 18.2 Å². The predicted molar refractivity (Wildman–Crippen MR) is 59.2 cm³/mol. The molecule has 0 bridgehead atoms. The van der Waals surface area contributed by atoms with Gasteiger partial charge in [-0.05, 0) is 36.9 Å². The van der Waals surface area contributed by atoms with E-state index >= 15 is 0 Å². The van der Waals surface area contributed by atoms with Gasteiger partial charge in [-0.1, -0.05) is 0 Å². The van der Waals surface area contributed by atoms with Crippen LogP contribution in [0.4, 0.5) is 0 Å². The molecular weight excluding hydrogens is 196 g/mol. The van der Waals surface area contributed by atoms with E-state index in [1.165, 1.54) is 0 Å². The third kappa shape index (κ3) is 2.77. The average Bonchev–Trinajstić information content (AvgIpc) is 2.16. The fourth-order valence-corrected chi connectivity index (χ4v) is 1.89. The summed E-state index contributed by atoms with van der Waals surface area (Å²) in [5, 5.41) is 0. The molecule has 0 aliphatic heterocycles. The van der Waals surface area contributed by atoms with Gasteiger partial charge >= 0.3 is 0 Å². The molecule has 0 saturated carbocycles. The summed E-state index contributed by atoms with van der Waals surface area (Å²) in [5.41, 5.74) is 1.05. The number of hydrogen-bond acceptors (Lipinski definition) is 3. The Kier molecular flexibility index (Phi) is 4.01. The third-order valence-electron chi connectivity index (χ3n) is 1.93. The van der Waals surface area contributed by atoms with E-state index in [0.717, 1.165) is 16.2 Å². The van der Waals surface area contributed by atoms with Gasteiger partial charge in [-0.2, -0.15) is 0 Å². The van der Waals surface area contributed by atoms with Crippen LogP contribution in [0.3, 0.4) is 0 Å². The fraction of sp³-hybridized carbons (Fsp3) is 0.364. The number of benzene rings is 1. The summed E-state index contributed by atoms with van der Waals surface area (Å²) >= 11 is 1.65. The van der Waals surface area contributed by atoms with Crippen molar-refractivity contribution >= 4 is 17.5 Å². The molecule has 0 saturated heterocycles. The van der Waals surface area contributed by atoms with Gasteiger partial charge in [0.1, 0.15) is 11.5 Å². The molecule has 0 aliphatic rings. The Bertz CT molecular complexity index is 334. The van der Waals surface area contributed by atoms with Gasteiger partial charge in [0.2, 0.25) is 0 Å². The first-order valence-electron chi connectivity index (χ1n) is 4.37. The average molecular weight is 210 g/mol. The highest BCUT2D eigenvalue weighted by Crippen LogP contribution is 2.25. The molecule has 0 radical (unpaired) electrons. The highest BCUT2D eigenvalue weighted by molar-refractivity contribution is 7.98. The molecule has 0 fully saturated rings. The van der Waals surface area contributed by atoms with Crippen LogP contribution in [0.15, 0.2) is 23.1 Å². The van der Waals surface area contributed by atoms with Crippen molar-refractivity contribution in [1.29, 1.82) is 0 Å². The second-order valence-corrected chi connectivity index (χ2v) is 3.90. The van der Waals surface area contributed by atoms with Crippen molar-refractivity contribution in [3.63, 3.8) is 0 Å². The lowest BCUT2D eigenvalue weighted by molar-refractivity contribution is -0.116. The molecule has 0 aliphatic carbocycles. The van der Waals surface area contributed by atoms with Crippen LogP contribution >= 0.6 is 11.8 Å². The first kappa shape index (κ1) is 11.1. The van der Waals surface area contributed by atoms with Crippen LogP contribution in [0.5, 0.6) is 5.75 Å². The molecule has 0 aromatic heterocycles. The molecule has 2 nitrogen and oxygen atoms in total. The van der Waals surface area contributed by atoms with Gasteiger partial charge in [-0.3, -0.25) is 4.79 Å². The van der Waals surface area contributed by atoms with E-state index in [9.17, 15) is 4.79 Å². The molecule has 0 amide bonds. The van der Waals surface area contributed by atoms with Gasteiger partial charge in [0.25, 0.3) is 0 Å². The Hall–Kier alpha value is -0.960. The lowest BCUT2D eigenvalue weighted by atomic mass is 10.1. The smallest absolute Gasteiger partial charge is 0.134 e. The first-order valence-corrected chi connectivity index (χ1v) is 5.60. The predicted octanol–water partition coefficient (Wildman–Crippen LogP) is 2.55. The maximum Gasteiger partial charge on any atom is 0.134 e. The number of ether oxygens (including phenoxy) is 1. The van der Waals surface area contributed by atoms with E-state index in [-0.39, 0.29) is 5.78 Å². The van der Waals surface area contributed by atoms with E-state index in [2.05, 4.69) is 0 Å². The van der Waals surface area contributed by atoms with Crippen LogP contribution in [0.25, 0.3) is 0 Å². The van der Waals surface area contributed by atoms with Crippen LogP contribution < -0.4 is 4.74 Å². The molecule has 3 heteroatoms. The van der Waals surface area contributed by atoms with Gasteiger partial charge in [-0.25, -0.2) is 0 Å². The molecule has 0 heterocycles. The van der Waals surface area contributed by atoms with Gasteiger partial charge in [0, 0.05) is 11.3 Å². The maximum atomic E-state index is 11.0. The van der Waals surface area contributed by atoms with Gasteiger partial charge in [0.15, 0.2) is 0 Å². The van der Waals surface area contributed by atoms with Crippen molar-refractivity contribution in [2.75, 3.05) is 13.4 Å². The molecule has 0 N–H and O–H groups in total. The van der Waals surface area contributed by atoms with Crippen molar-refractivity contribution in [3.8, 4) is 5.75 Å². The van der Waals surface area contributed by atoms with E-state index < -0.39 is 0 Å². The van der Waals surface area contributed by atoms with Crippen LogP contribution in [0.1, 0.15) is 12.5 Å². The molecule has 1 aromatic rings. The topological polar surface area (TPSA) is 26.3 Å². The second-order valence-electron chi connectivity index (χ2n) is 3.06. The minimum Gasteiger partial charge on any atom is -0.497 e. The summed E-state index contributed by atoms with van der Waals surface area (Å²) in [6.07, 6.45) is 2.48. The Labute approximate surface area is 88.7 Å². The third-order valence-corrected chi connectivity index (χ3v) is 2.77. The molecule has 14 heavy (non-hydrogen) atoms. The molecule has 1 aromatic carbocycles. The number of Topliss-reactive ketones (excluding diaryl/α,β-unsaturated/α-hetero) is 1. The Morgan fingerprint density at radius 1 is 1.50 bits per heavy atom. The molecule has 1 rings (SSSR count). The zero-order valence-corrected chi connectivity index (χ0v) is 9.48. The van der Waals surface area contributed by atoms with Crippen molar-refractivity contribution in [1.82, 2.24) is 0 Å². The Balaban J connectivity index is 3.01. The molecule has 76 valence electrons. The van der Waals surface area contributed by atoms with Crippen molar-refractivity contribution in [2.24, 2.45) is 0 Å². The summed E-state index contributed by atoms with van der Waals surface area (Å²) in [6.45, 7) is 1.60. The quantitative estimate of drug-likeness (QED) is 0.714. The number of hydrogen-bond donors (Lipinski definition) is 0. The number of methoxy groups -OCH3 is 1. The zero-order chi connectivity index (χ0) is 10.6. The van der Waals surface area contributed by atoms with E-state index in [4.69, 9.17) is 4.74 Å². The zero-order valence-electron chi connectivity index (χ0n) is 8.66. The van der Waals surface area contributed by atoms with Crippen LogP contribution in [-0.4, -0.2) is 19.1 Å². The SMILES string of the molecule is COc1ccc(SC)c(CC(C)=O)c1. The minimum atomic E-state index is 0.175. The maximum absolute atomic E-state index is 11.0. The van der Waals surface area contributed by atoms with Gasteiger partial charge in [0.05, 0.1) is 7.11 Å². The molecule has 0 atom stereocenters. The number of ketones is 1. The minimum absolute atomic E-state index is 0.175. The summed E-state index contributed by atoms with van der Waals surface area (Å²) in [7, 11) is 1.63. The fourth-order valence-electron chi connectivity index (χ4n) is 1.29. The monoisotopic (exact) mass is 210 g/mol. The number of carbonyl (C=O) groups is 1. The van der Waals surface area contributed by atoms with E-state index in [0.29, 0.717) is 6.42 Å². The van der Waals surface area contributed by atoms with Crippen LogP contribution in [0, 0.1) is 0 Å². The van der Waals surface area contributed by atoms with Crippen molar-refractivity contribution in [3.05, 3.63) is 23.8 Å². The molecule has 0 spiro atoms. The summed E-state index contributed by atoms with van der Waals surface area (Å²) < 4.78 is 5.12. The summed E-state index contributed by atoms with van der Waals surface area (Å²) in [5.74, 6) is 0.979. The highest BCUT2D eigenvalue weighted by Gasteiger charge is 2.05. The highest BCUT2D eigenvalue weighted by atomic mass is 32.2. The van der Waals surface area contributed by atoms with Crippen molar-refractivity contribution < 1.29 is 9.53 Å². The normalized spacial score (nSPS) is 9.93. The van der Waals surface area contributed by atoms with E-state index in [1.807, 2.05) is 24.5 Å². The van der Waals surface area contributed by atoms with Crippen LogP contribution in [0.2, 0.25) is 0 Å². The lowest BCUT2D eigenvalue weighted by Crippen LogP contribution is -1.98. The number of rotatable bonds is 4.